The summed E-state index contributed by atoms with van der Waals surface area (Å²) in [5.41, 5.74) is 6.26. The molecule has 5 heteroatoms. The zero-order chi connectivity index (χ0) is 18.1. The number of nitrogens with one attached hydrogen (secondary N) is 1. The average molecular weight is 363 g/mol. The zero-order valence-electron chi connectivity index (χ0n) is 15.0. The molecule has 1 N–H and O–H groups in total. The number of nitrogens with zero attached hydrogens (tertiary/aromatic N) is 2. The zero-order valence-corrected chi connectivity index (χ0v) is 15.8. The van der Waals surface area contributed by atoms with Gasteiger partial charge >= 0.3 is 0 Å². The van der Waals surface area contributed by atoms with E-state index in [-0.39, 0.29) is 5.91 Å². The number of rotatable bonds is 4. The lowest BCUT2D eigenvalue weighted by Crippen LogP contribution is -2.27. The molecule has 1 aliphatic rings. The largest absolute Gasteiger partial charge is 0.350 e. The second kappa shape index (κ2) is 7.00. The molecule has 4 rings (SSSR count). The molecule has 3 aromatic rings. The van der Waals surface area contributed by atoms with Crippen LogP contribution in [-0.4, -0.2) is 22.2 Å². The molecule has 0 spiro atoms. The number of hydrogen-bond donors (Lipinski definition) is 1. The quantitative estimate of drug-likeness (QED) is 0.763. The highest BCUT2D eigenvalue weighted by Gasteiger charge is 2.27. The molecule has 2 aromatic carbocycles. The SMILES string of the molecule is Cc1ccc2c(c1)-c1c(c(C(=O)NCCc3ccccc3)nn1C)CS2. The minimum absolute atomic E-state index is 0.0884. The highest BCUT2D eigenvalue weighted by atomic mass is 32.2. The average Bonchev–Trinajstić information content (AvgIpc) is 3.00. The summed E-state index contributed by atoms with van der Waals surface area (Å²) in [6, 6.07) is 16.6. The normalized spacial score (nSPS) is 12.4. The molecule has 132 valence electrons. The third kappa shape index (κ3) is 3.15. The van der Waals surface area contributed by atoms with E-state index in [1.54, 1.807) is 11.8 Å². The summed E-state index contributed by atoms with van der Waals surface area (Å²) >= 11 is 1.77. The van der Waals surface area contributed by atoms with Crippen LogP contribution in [0.3, 0.4) is 0 Å². The van der Waals surface area contributed by atoms with E-state index in [1.165, 1.54) is 21.6 Å². The molecule has 0 atom stereocenters. The number of thioether (sulfide) groups is 1. The lowest BCUT2D eigenvalue weighted by molar-refractivity contribution is 0.0948. The van der Waals surface area contributed by atoms with Crippen molar-refractivity contribution in [3.8, 4) is 11.3 Å². The lowest BCUT2D eigenvalue weighted by Gasteiger charge is -2.17. The molecule has 0 fully saturated rings. The van der Waals surface area contributed by atoms with Crippen molar-refractivity contribution in [1.29, 1.82) is 0 Å². The van der Waals surface area contributed by atoms with Crippen LogP contribution in [-0.2, 0) is 19.2 Å². The number of carbonyl (C=O) groups excluding carboxylic acids is 1. The fourth-order valence-electron chi connectivity index (χ4n) is 3.38. The number of amides is 1. The number of aryl methyl sites for hydroxylation is 2. The molecule has 0 bridgehead atoms. The molecule has 4 nitrogen and oxygen atoms in total. The van der Waals surface area contributed by atoms with Gasteiger partial charge in [0.15, 0.2) is 5.69 Å². The van der Waals surface area contributed by atoms with Crippen LogP contribution >= 0.6 is 11.8 Å². The Bertz CT molecular complexity index is 963. The van der Waals surface area contributed by atoms with Crippen LogP contribution in [0.5, 0.6) is 0 Å². The van der Waals surface area contributed by atoms with Crippen LogP contribution in [0.1, 0.15) is 27.2 Å². The van der Waals surface area contributed by atoms with E-state index in [1.807, 2.05) is 29.9 Å². The molecule has 2 heterocycles. The summed E-state index contributed by atoms with van der Waals surface area (Å²) in [5, 5.41) is 7.56. The van der Waals surface area contributed by atoms with Crippen LogP contribution in [0.4, 0.5) is 0 Å². The Morgan fingerprint density at radius 2 is 2.04 bits per heavy atom. The van der Waals surface area contributed by atoms with Gasteiger partial charge in [0.25, 0.3) is 5.91 Å². The van der Waals surface area contributed by atoms with Crippen molar-refractivity contribution in [2.45, 2.75) is 24.0 Å². The topological polar surface area (TPSA) is 46.9 Å². The van der Waals surface area contributed by atoms with Crippen molar-refractivity contribution in [2.75, 3.05) is 6.54 Å². The number of carbonyl (C=O) groups is 1. The van der Waals surface area contributed by atoms with Gasteiger partial charge in [0.1, 0.15) is 0 Å². The minimum atomic E-state index is -0.0884. The van der Waals surface area contributed by atoms with Gasteiger partial charge in [-0.25, -0.2) is 0 Å². The Balaban J connectivity index is 1.55. The Labute approximate surface area is 157 Å². The third-order valence-electron chi connectivity index (χ3n) is 4.66. The van der Waals surface area contributed by atoms with Crippen molar-refractivity contribution >= 4 is 17.7 Å². The maximum absolute atomic E-state index is 12.7. The summed E-state index contributed by atoms with van der Waals surface area (Å²) in [4.78, 5) is 14.0. The van der Waals surface area contributed by atoms with E-state index in [0.717, 1.165) is 23.4 Å². The van der Waals surface area contributed by atoms with Crippen molar-refractivity contribution in [3.63, 3.8) is 0 Å². The summed E-state index contributed by atoms with van der Waals surface area (Å²) in [6.45, 7) is 2.70. The van der Waals surface area contributed by atoms with Crippen LogP contribution in [0, 0.1) is 6.92 Å². The first-order chi connectivity index (χ1) is 12.6. The summed E-state index contributed by atoms with van der Waals surface area (Å²) in [5.74, 6) is 0.690. The molecule has 1 aliphatic heterocycles. The first-order valence-electron chi connectivity index (χ1n) is 8.75. The molecule has 0 aliphatic carbocycles. The maximum Gasteiger partial charge on any atom is 0.272 e. The summed E-state index contributed by atoms with van der Waals surface area (Å²) in [7, 11) is 1.92. The first kappa shape index (κ1) is 16.9. The van der Waals surface area contributed by atoms with Gasteiger partial charge in [-0.1, -0.05) is 42.0 Å². The van der Waals surface area contributed by atoms with E-state index >= 15 is 0 Å². The van der Waals surface area contributed by atoms with E-state index in [9.17, 15) is 4.79 Å². The van der Waals surface area contributed by atoms with Gasteiger partial charge in [-0.3, -0.25) is 9.48 Å². The van der Waals surface area contributed by atoms with Crippen LogP contribution in [0.25, 0.3) is 11.3 Å². The van der Waals surface area contributed by atoms with Gasteiger partial charge in [0.05, 0.1) is 5.69 Å². The molecule has 0 saturated carbocycles. The molecule has 0 unspecified atom stereocenters. The number of hydrogen-bond acceptors (Lipinski definition) is 3. The fraction of sp³-hybridized carbons (Fsp3) is 0.238. The van der Waals surface area contributed by atoms with E-state index in [4.69, 9.17) is 0 Å². The fourth-order valence-corrected chi connectivity index (χ4v) is 4.43. The Morgan fingerprint density at radius 3 is 2.85 bits per heavy atom. The second-order valence-corrected chi connectivity index (χ2v) is 7.60. The molecule has 26 heavy (non-hydrogen) atoms. The van der Waals surface area contributed by atoms with Crippen LogP contribution in [0.2, 0.25) is 0 Å². The third-order valence-corrected chi connectivity index (χ3v) is 5.76. The van der Waals surface area contributed by atoms with E-state index < -0.39 is 0 Å². The minimum Gasteiger partial charge on any atom is -0.350 e. The smallest absolute Gasteiger partial charge is 0.272 e. The number of aromatic nitrogens is 2. The number of fused-ring (bicyclic) bond motifs is 3. The molecular formula is C21H21N3OS. The predicted octanol–water partition coefficient (Wildman–Crippen LogP) is 3.97. The lowest BCUT2D eigenvalue weighted by atomic mass is 10.0. The van der Waals surface area contributed by atoms with Crippen LogP contribution < -0.4 is 5.32 Å². The van der Waals surface area contributed by atoms with E-state index in [2.05, 4.69) is 47.7 Å². The molecule has 0 saturated heterocycles. The molecule has 1 aromatic heterocycles. The van der Waals surface area contributed by atoms with Gasteiger partial charge < -0.3 is 5.32 Å². The second-order valence-electron chi connectivity index (χ2n) is 6.58. The Kier molecular flexibility index (Phi) is 4.55. The highest BCUT2D eigenvalue weighted by molar-refractivity contribution is 7.98. The first-order valence-corrected chi connectivity index (χ1v) is 9.74. The predicted molar refractivity (Wildman–Crippen MR) is 105 cm³/mol. The molecular weight excluding hydrogens is 342 g/mol. The Morgan fingerprint density at radius 1 is 1.23 bits per heavy atom. The summed E-state index contributed by atoms with van der Waals surface area (Å²) < 4.78 is 1.85. The van der Waals surface area contributed by atoms with Gasteiger partial charge in [0, 0.05) is 35.4 Å². The van der Waals surface area contributed by atoms with Crippen LogP contribution in [0.15, 0.2) is 53.4 Å². The van der Waals surface area contributed by atoms with Gasteiger partial charge in [-0.2, -0.15) is 5.10 Å². The van der Waals surface area contributed by atoms with Crippen molar-refractivity contribution in [3.05, 3.63) is 70.9 Å². The monoisotopic (exact) mass is 363 g/mol. The van der Waals surface area contributed by atoms with Gasteiger partial charge in [-0.15, -0.1) is 11.8 Å². The molecule has 0 radical (unpaired) electrons. The number of benzene rings is 2. The highest BCUT2D eigenvalue weighted by Crippen LogP contribution is 2.42. The van der Waals surface area contributed by atoms with E-state index in [0.29, 0.717) is 12.2 Å². The maximum atomic E-state index is 12.7. The summed E-state index contributed by atoms with van der Waals surface area (Å²) in [6.07, 6.45) is 0.818. The van der Waals surface area contributed by atoms with Gasteiger partial charge in [0.2, 0.25) is 0 Å². The molecule has 1 amide bonds. The van der Waals surface area contributed by atoms with Crippen molar-refractivity contribution < 1.29 is 4.79 Å². The van der Waals surface area contributed by atoms with Crippen molar-refractivity contribution in [1.82, 2.24) is 15.1 Å². The van der Waals surface area contributed by atoms with Gasteiger partial charge in [-0.05, 0) is 31.0 Å². The Hall–Kier alpha value is -2.53. The standard InChI is InChI=1S/C21H21N3OS/c1-14-8-9-18-16(12-14)20-17(13-26-18)19(23-24(20)2)21(25)22-11-10-15-6-4-3-5-7-15/h3-9,12H,10-11,13H2,1-2H3,(H,22,25). The van der Waals surface area contributed by atoms with Crippen molar-refractivity contribution in [2.24, 2.45) is 7.05 Å².